The van der Waals surface area contributed by atoms with E-state index in [1.165, 1.54) is 11.1 Å². The topological polar surface area (TPSA) is 54.5 Å². The molecule has 2 aliphatic rings. The number of nitrogens with one attached hydrogen (secondary N) is 1. The lowest BCUT2D eigenvalue weighted by atomic mass is 9.95. The number of amides is 1. The first-order valence-corrected chi connectivity index (χ1v) is 10.6. The minimum Gasteiger partial charge on any atom is -0.373 e. The number of fused-ring (bicyclic) bond motifs is 1. The minimum absolute atomic E-state index is 0.00679. The molecule has 1 aromatic heterocycles. The molecule has 0 radical (unpaired) electrons. The molecule has 30 heavy (non-hydrogen) atoms. The van der Waals surface area contributed by atoms with E-state index in [1.54, 1.807) is 6.20 Å². The summed E-state index contributed by atoms with van der Waals surface area (Å²) in [7, 11) is 0. The molecule has 152 valence electrons. The first-order valence-electron chi connectivity index (χ1n) is 10.6. The largest absolute Gasteiger partial charge is 0.373 e. The molecule has 0 spiro atoms. The van der Waals surface area contributed by atoms with Crippen LogP contribution < -0.4 is 10.2 Å². The second-order valence-corrected chi connectivity index (χ2v) is 7.90. The number of rotatable bonds is 5. The highest BCUT2D eigenvalue weighted by atomic mass is 16.5. The van der Waals surface area contributed by atoms with Crippen molar-refractivity contribution in [2.24, 2.45) is 5.92 Å². The number of para-hydroxylation sites is 1. The van der Waals surface area contributed by atoms with Crippen LogP contribution in [0.3, 0.4) is 0 Å². The predicted molar refractivity (Wildman–Crippen MR) is 118 cm³/mol. The molecule has 2 atom stereocenters. The number of pyridine rings is 1. The Balaban J connectivity index is 1.22. The number of hydrogen-bond donors (Lipinski definition) is 1. The Morgan fingerprint density at radius 1 is 1.07 bits per heavy atom. The number of carbonyl (C=O) groups is 1. The summed E-state index contributed by atoms with van der Waals surface area (Å²) < 4.78 is 5.97. The van der Waals surface area contributed by atoms with Crippen molar-refractivity contribution in [1.82, 2.24) is 4.98 Å². The first kappa shape index (κ1) is 18.8. The second-order valence-electron chi connectivity index (χ2n) is 7.90. The smallest absolute Gasteiger partial charge is 0.259 e. The summed E-state index contributed by atoms with van der Waals surface area (Å²) >= 11 is 0. The monoisotopic (exact) mass is 399 g/mol. The molecule has 5 nitrogen and oxygen atoms in total. The van der Waals surface area contributed by atoms with Crippen LogP contribution in [0.15, 0.2) is 72.9 Å². The molecule has 0 saturated carbocycles. The zero-order valence-electron chi connectivity index (χ0n) is 16.8. The van der Waals surface area contributed by atoms with Gasteiger partial charge >= 0.3 is 0 Å². The average Bonchev–Trinajstić information content (AvgIpc) is 3.45. The molecule has 3 heterocycles. The van der Waals surface area contributed by atoms with Crippen LogP contribution in [-0.2, 0) is 11.2 Å². The molecule has 0 aliphatic carbocycles. The summed E-state index contributed by atoms with van der Waals surface area (Å²) in [5.41, 5.74) is 4.08. The lowest BCUT2D eigenvalue weighted by Crippen LogP contribution is -2.29. The molecule has 1 amide bonds. The quantitative estimate of drug-likeness (QED) is 0.688. The Kier molecular flexibility index (Phi) is 5.20. The van der Waals surface area contributed by atoms with Crippen molar-refractivity contribution in [2.75, 3.05) is 29.9 Å². The molecule has 3 aromatic rings. The van der Waals surface area contributed by atoms with Gasteiger partial charge in [-0.05, 0) is 42.2 Å². The molecular weight excluding hydrogens is 374 g/mol. The van der Waals surface area contributed by atoms with Crippen LogP contribution in [0.2, 0.25) is 0 Å². The van der Waals surface area contributed by atoms with Crippen molar-refractivity contribution in [3.8, 4) is 0 Å². The zero-order chi connectivity index (χ0) is 20.3. The van der Waals surface area contributed by atoms with E-state index in [1.807, 2.05) is 41.3 Å². The number of nitrogens with zero attached hydrogens (tertiary/aromatic N) is 2. The maximum atomic E-state index is 12.9. The van der Waals surface area contributed by atoms with Crippen LogP contribution in [-0.4, -0.2) is 30.6 Å². The van der Waals surface area contributed by atoms with Gasteiger partial charge in [-0.2, -0.15) is 0 Å². The fraction of sp³-hybridized carbons (Fsp3) is 0.280. The van der Waals surface area contributed by atoms with Crippen LogP contribution in [0.4, 0.5) is 11.5 Å². The average molecular weight is 399 g/mol. The van der Waals surface area contributed by atoms with Crippen molar-refractivity contribution in [2.45, 2.75) is 18.9 Å². The van der Waals surface area contributed by atoms with Gasteiger partial charge in [-0.15, -0.1) is 0 Å². The Morgan fingerprint density at radius 3 is 2.73 bits per heavy atom. The first-order chi connectivity index (χ1) is 14.8. The van der Waals surface area contributed by atoms with Gasteiger partial charge in [0.2, 0.25) is 0 Å². The Morgan fingerprint density at radius 2 is 1.90 bits per heavy atom. The summed E-state index contributed by atoms with van der Waals surface area (Å²) in [6, 6.07) is 22.2. The fourth-order valence-corrected chi connectivity index (χ4v) is 4.42. The predicted octanol–water partition coefficient (Wildman–Crippen LogP) is 4.47. The van der Waals surface area contributed by atoms with E-state index in [0.29, 0.717) is 11.5 Å². The third-order valence-corrected chi connectivity index (χ3v) is 6.03. The van der Waals surface area contributed by atoms with Crippen LogP contribution in [0.1, 0.15) is 34.0 Å². The summed E-state index contributed by atoms with van der Waals surface area (Å²) in [4.78, 5) is 19.3. The van der Waals surface area contributed by atoms with E-state index in [9.17, 15) is 4.79 Å². The third-order valence-electron chi connectivity index (χ3n) is 6.03. The summed E-state index contributed by atoms with van der Waals surface area (Å²) in [5, 5.41) is 3.42. The Hall–Kier alpha value is -3.18. The van der Waals surface area contributed by atoms with Gasteiger partial charge in [0.05, 0.1) is 11.7 Å². The molecule has 1 saturated heterocycles. The number of benzene rings is 2. The number of ether oxygens (including phenoxy) is 1. The zero-order valence-corrected chi connectivity index (χ0v) is 16.8. The third kappa shape index (κ3) is 3.68. The van der Waals surface area contributed by atoms with Gasteiger partial charge in [-0.1, -0.05) is 48.5 Å². The van der Waals surface area contributed by atoms with Crippen molar-refractivity contribution in [3.63, 3.8) is 0 Å². The molecule has 5 heteroatoms. The number of aromatic nitrogens is 1. The molecule has 1 N–H and O–H groups in total. The summed E-state index contributed by atoms with van der Waals surface area (Å²) in [6.07, 6.45) is 3.72. The van der Waals surface area contributed by atoms with E-state index in [-0.39, 0.29) is 12.0 Å². The highest BCUT2D eigenvalue weighted by Crippen LogP contribution is 2.34. The maximum absolute atomic E-state index is 12.9. The van der Waals surface area contributed by atoms with Crippen molar-refractivity contribution < 1.29 is 9.53 Å². The van der Waals surface area contributed by atoms with Gasteiger partial charge in [0.25, 0.3) is 5.91 Å². The van der Waals surface area contributed by atoms with Gasteiger partial charge in [0.15, 0.2) is 0 Å². The normalized spacial score (nSPS) is 20.2. The fourth-order valence-electron chi connectivity index (χ4n) is 4.42. The Bertz CT molecular complexity index is 1020. The molecule has 2 aromatic carbocycles. The van der Waals surface area contributed by atoms with Gasteiger partial charge in [0, 0.05) is 37.5 Å². The standard InChI is InChI=1S/C25H25N3O2/c29-25(28-14-12-18-6-4-5-9-22(18)28)21-10-11-23(27-17-21)26-16-20-13-15-30-24(20)19-7-2-1-3-8-19/h1-11,17,20,24H,12-16H2,(H,26,27). The summed E-state index contributed by atoms with van der Waals surface area (Å²) in [6.45, 7) is 2.30. The molecular formula is C25H25N3O2. The lowest BCUT2D eigenvalue weighted by molar-refractivity contribution is 0.0933. The van der Waals surface area contributed by atoms with Crippen LogP contribution in [0, 0.1) is 5.92 Å². The summed E-state index contributed by atoms with van der Waals surface area (Å²) in [5.74, 6) is 1.19. The molecule has 5 rings (SSSR count). The van der Waals surface area contributed by atoms with E-state index in [4.69, 9.17) is 4.74 Å². The van der Waals surface area contributed by atoms with E-state index in [2.05, 4.69) is 40.6 Å². The highest BCUT2D eigenvalue weighted by Gasteiger charge is 2.29. The van der Waals surface area contributed by atoms with Gasteiger partial charge in [-0.25, -0.2) is 4.98 Å². The number of carbonyl (C=O) groups excluding carboxylic acids is 1. The van der Waals surface area contributed by atoms with Crippen LogP contribution >= 0.6 is 0 Å². The van der Waals surface area contributed by atoms with Crippen LogP contribution in [0.25, 0.3) is 0 Å². The van der Waals surface area contributed by atoms with E-state index in [0.717, 1.165) is 44.0 Å². The lowest BCUT2D eigenvalue weighted by Gasteiger charge is -2.20. The highest BCUT2D eigenvalue weighted by molar-refractivity contribution is 6.07. The van der Waals surface area contributed by atoms with Crippen molar-refractivity contribution in [1.29, 1.82) is 0 Å². The second kappa shape index (κ2) is 8.28. The van der Waals surface area contributed by atoms with Gasteiger partial charge in [0.1, 0.15) is 5.82 Å². The van der Waals surface area contributed by atoms with E-state index >= 15 is 0 Å². The number of hydrogen-bond acceptors (Lipinski definition) is 4. The van der Waals surface area contributed by atoms with E-state index < -0.39 is 0 Å². The Labute approximate surface area is 176 Å². The molecule has 2 unspecified atom stereocenters. The van der Waals surface area contributed by atoms with Gasteiger partial charge < -0.3 is 15.0 Å². The minimum atomic E-state index is 0.00679. The number of anilines is 2. The molecule has 0 bridgehead atoms. The van der Waals surface area contributed by atoms with Crippen molar-refractivity contribution >= 4 is 17.4 Å². The SMILES string of the molecule is O=C(c1ccc(NCC2CCOC2c2ccccc2)nc1)N1CCc2ccccc21. The van der Waals surface area contributed by atoms with Crippen molar-refractivity contribution in [3.05, 3.63) is 89.6 Å². The molecule has 1 fully saturated rings. The van der Waals surface area contributed by atoms with Gasteiger partial charge in [-0.3, -0.25) is 4.79 Å². The van der Waals surface area contributed by atoms with Crippen LogP contribution in [0.5, 0.6) is 0 Å². The molecule has 2 aliphatic heterocycles. The maximum Gasteiger partial charge on any atom is 0.259 e.